The first kappa shape index (κ1) is 21.5. The molecule has 0 saturated carbocycles. The Morgan fingerprint density at radius 1 is 0.848 bits per heavy atom. The van der Waals surface area contributed by atoms with E-state index in [4.69, 9.17) is 16.6 Å². The fourth-order valence-corrected chi connectivity index (χ4v) is 4.97. The van der Waals surface area contributed by atoms with Crippen LogP contribution in [0.1, 0.15) is 43.7 Å². The lowest BCUT2D eigenvalue weighted by atomic mass is 9.80. The van der Waals surface area contributed by atoms with Gasteiger partial charge in [0.1, 0.15) is 0 Å². The number of nitrogens with zero attached hydrogens (tertiary/aromatic N) is 1. The number of anilines is 1. The number of pyridine rings is 1. The van der Waals surface area contributed by atoms with Crippen LogP contribution in [0, 0.1) is 0 Å². The van der Waals surface area contributed by atoms with E-state index in [2.05, 4.69) is 67.7 Å². The molecule has 164 valence electrons. The molecular weight excluding hydrogens is 424 g/mol. The van der Waals surface area contributed by atoms with Crippen molar-refractivity contribution in [2.24, 2.45) is 0 Å². The first-order valence-electron chi connectivity index (χ1n) is 11.5. The van der Waals surface area contributed by atoms with Crippen LogP contribution >= 0.6 is 11.6 Å². The summed E-state index contributed by atoms with van der Waals surface area (Å²) in [7, 11) is 0. The van der Waals surface area contributed by atoms with E-state index in [1.807, 2.05) is 42.5 Å². The molecular formula is C30H27ClN2. The van der Waals surface area contributed by atoms with Gasteiger partial charge in [-0.1, -0.05) is 91.3 Å². The third-order valence-corrected chi connectivity index (χ3v) is 6.79. The molecule has 0 radical (unpaired) electrons. The average Bonchev–Trinajstić information content (AvgIpc) is 2.86. The first-order valence-corrected chi connectivity index (χ1v) is 11.9. The third-order valence-electron chi connectivity index (χ3n) is 6.46. The molecule has 1 aliphatic carbocycles. The summed E-state index contributed by atoms with van der Waals surface area (Å²) in [5.41, 5.74) is 10.1. The molecule has 1 atom stereocenters. The first-order chi connectivity index (χ1) is 16.1. The Bertz CT molecular complexity index is 1320. The fraction of sp³-hybridized carbons (Fsp3) is 0.167. The fourth-order valence-electron chi connectivity index (χ4n) is 4.74. The van der Waals surface area contributed by atoms with Gasteiger partial charge in [0.25, 0.3) is 0 Å². The summed E-state index contributed by atoms with van der Waals surface area (Å²) in [5, 5.41) is 4.47. The SMILES string of the molecule is CCC1CC(C)=C(Nc2cc(-c3ccccc3)nc(-c3ccccc3Cl)c2)c2ccccc21. The molecule has 1 heterocycles. The molecule has 1 aliphatic rings. The van der Waals surface area contributed by atoms with Gasteiger partial charge in [0.2, 0.25) is 0 Å². The number of aromatic nitrogens is 1. The van der Waals surface area contributed by atoms with Gasteiger partial charge in [-0.25, -0.2) is 4.98 Å². The van der Waals surface area contributed by atoms with Gasteiger partial charge in [-0.2, -0.15) is 0 Å². The summed E-state index contributed by atoms with van der Waals surface area (Å²) in [5.74, 6) is 0.572. The van der Waals surface area contributed by atoms with Crippen molar-refractivity contribution in [1.82, 2.24) is 4.98 Å². The Morgan fingerprint density at radius 2 is 1.52 bits per heavy atom. The van der Waals surface area contributed by atoms with Gasteiger partial charge in [-0.15, -0.1) is 0 Å². The van der Waals surface area contributed by atoms with Crippen molar-refractivity contribution in [2.45, 2.75) is 32.6 Å². The Morgan fingerprint density at radius 3 is 2.27 bits per heavy atom. The molecule has 3 heteroatoms. The number of hydrogen-bond acceptors (Lipinski definition) is 2. The minimum absolute atomic E-state index is 0.572. The second-order valence-corrected chi connectivity index (χ2v) is 9.06. The molecule has 33 heavy (non-hydrogen) atoms. The standard InChI is InChI=1S/C30H27ClN2/c1-3-21-17-20(2)30(25-14-8-7-13-24(21)25)32-23-18-28(22-11-5-4-6-12-22)33-29(19-23)26-15-9-10-16-27(26)31/h4-16,18-19,21H,3,17H2,1-2H3,(H,32,33). The van der Waals surface area contributed by atoms with Gasteiger partial charge in [0.15, 0.2) is 0 Å². The maximum absolute atomic E-state index is 6.55. The molecule has 0 saturated heterocycles. The van der Waals surface area contributed by atoms with E-state index in [1.54, 1.807) is 0 Å². The zero-order valence-corrected chi connectivity index (χ0v) is 19.7. The van der Waals surface area contributed by atoms with Crippen molar-refractivity contribution in [3.8, 4) is 22.5 Å². The van der Waals surface area contributed by atoms with Crippen LogP contribution in [0.5, 0.6) is 0 Å². The molecule has 5 rings (SSSR count). The normalized spacial score (nSPS) is 15.3. The Kier molecular flexibility index (Phi) is 6.02. The molecule has 3 aromatic carbocycles. The van der Waals surface area contributed by atoms with Crippen molar-refractivity contribution < 1.29 is 0 Å². The maximum Gasteiger partial charge on any atom is 0.0745 e. The van der Waals surface area contributed by atoms with E-state index in [0.29, 0.717) is 10.9 Å². The molecule has 0 spiro atoms. The summed E-state index contributed by atoms with van der Waals surface area (Å²) in [6.07, 6.45) is 2.22. The molecule has 0 fully saturated rings. The van der Waals surface area contributed by atoms with Crippen molar-refractivity contribution >= 4 is 23.0 Å². The molecule has 0 aliphatic heterocycles. The van der Waals surface area contributed by atoms with Crippen LogP contribution in [-0.4, -0.2) is 4.98 Å². The Balaban J connectivity index is 1.63. The molecule has 1 unspecified atom stereocenters. The molecule has 4 aromatic rings. The van der Waals surface area contributed by atoms with Gasteiger partial charge in [0.05, 0.1) is 11.4 Å². The van der Waals surface area contributed by atoms with Crippen LogP contribution < -0.4 is 5.32 Å². The topological polar surface area (TPSA) is 24.9 Å². The van der Waals surface area contributed by atoms with Gasteiger partial charge >= 0.3 is 0 Å². The quantitative estimate of drug-likeness (QED) is 0.328. The second-order valence-electron chi connectivity index (χ2n) is 8.65. The Hall–Kier alpha value is -3.36. The van der Waals surface area contributed by atoms with Crippen LogP contribution in [0.3, 0.4) is 0 Å². The number of nitrogens with one attached hydrogen (secondary N) is 1. The maximum atomic E-state index is 6.55. The average molecular weight is 451 g/mol. The zero-order valence-electron chi connectivity index (χ0n) is 19.0. The largest absolute Gasteiger partial charge is 0.355 e. The highest BCUT2D eigenvalue weighted by Crippen LogP contribution is 2.41. The van der Waals surface area contributed by atoms with Gasteiger partial charge in [-0.05, 0) is 55.0 Å². The van der Waals surface area contributed by atoms with Gasteiger partial charge in [0, 0.05) is 33.1 Å². The van der Waals surface area contributed by atoms with E-state index < -0.39 is 0 Å². The predicted octanol–water partition coefficient (Wildman–Crippen LogP) is 8.81. The van der Waals surface area contributed by atoms with Crippen LogP contribution in [0.15, 0.2) is 96.6 Å². The number of benzene rings is 3. The van der Waals surface area contributed by atoms with Crippen LogP contribution in [0.4, 0.5) is 5.69 Å². The van der Waals surface area contributed by atoms with Crippen LogP contribution in [-0.2, 0) is 0 Å². The van der Waals surface area contributed by atoms with Crippen molar-refractivity contribution in [2.75, 3.05) is 5.32 Å². The van der Waals surface area contributed by atoms with E-state index in [1.165, 1.54) is 22.4 Å². The molecule has 1 aromatic heterocycles. The second kappa shape index (κ2) is 9.25. The van der Waals surface area contributed by atoms with Gasteiger partial charge < -0.3 is 5.32 Å². The van der Waals surface area contributed by atoms with E-state index >= 15 is 0 Å². The highest BCUT2D eigenvalue weighted by Gasteiger charge is 2.24. The summed E-state index contributed by atoms with van der Waals surface area (Å²) < 4.78 is 0. The van der Waals surface area contributed by atoms with Crippen molar-refractivity contribution in [3.63, 3.8) is 0 Å². The van der Waals surface area contributed by atoms with E-state index in [0.717, 1.165) is 41.0 Å². The van der Waals surface area contributed by atoms with Crippen molar-refractivity contribution in [1.29, 1.82) is 0 Å². The van der Waals surface area contributed by atoms with Gasteiger partial charge in [-0.3, -0.25) is 0 Å². The van der Waals surface area contributed by atoms with E-state index in [9.17, 15) is 0 Å². The molecule has 0 amide bonds. The lowest BCUT2D eigenvalue weighted by molar-refractivity contribution is 0.646. The summed E-state index contributed by atoms with van der Waals surface area (Å²) in [6, 6.07) is 31.2. The molecule has 0 bridgehead atoms. The summed E-state index contributed by atoms with van der Waals surface area (Å²) in [6.45, 7) is 4.52. The zero-order chi connectivity index (χ0) is 22.8. The summed E-state index contributed by atoms with van der Waals surface area (Å²) >= 11 is 6.55. The lowest BCUT2D eigenvalue weighted by Gasteiger charge is -2.29. The number of fused-ring (bicyclic) bond motifs is 1. The summed E-state index contributed by atoms with van der Waals surface area (Å²) in [4.78, 5) is 4.98. The monoisotopic (exact) mass is 450 g/mol. The van der Waals surface area contributed by atoms with Crippen LogP contribution in [0.2, 0.25) is 5.02 Å². The van der Waals surface area contributed by atoms with Crippen molar-refractivity contribution in [3.05, 3.63) is 113 Å². The van der Waals surface area contributed by atoms with E-state index in [-0.39, 0.29) is 0 Å². The number of hydrogen-bond donors (Lipinski definition) is 1. The molecule has 2 nitrogen and oxygen atoms in total. The lowest BCUT2D eigenvalue weighted by Crippen LogP contribution is -2.14. The van der Waals surface area contributed by atoms with Crippen LogP contribution in [0.25, 0.3) is 28.2 Å². The smallest absolute Gasteiger partial charge is 0.0745 e. The third kappa shape index (κ3) is 4.31. The number of allylic oxidation sites excluding steroid dienone is 1. The number of halogens is 1. The predicted molar refractivity (Wildman–Crippen MR) is 140 cm³/mol. The minimum Gasteiger partial charge on any atom is -0.355 e. The number of rotatable bonds is 5. The highest BCUT2D eigenvalue weighted by molar-refractivity contribution is 6.33. The minimum atomic E-state index is 0.572. The highest BCUT2D eigenvalue weighted by atomic mass is 35.5. The Labute approximate surface area is 201 Å². The molecule has 1 N–H and O–H groups in total.